The molecule has 1 aliphatic rings. The lowest BCUT2D eigenvalue weighted by Crippen LogP contribution is -2.42. The molecule has 0 aliphatic heterocycles. The van der Waals surface area contributed by atoms with Gasteiger partial charge in [-0.25, -0.2) is 0 Å². The number of fused-ring (bicyclic) bond motifs is 3. The number of nitrogens with zero attached hydrogens (tertiary/aromatic N) is 2. The van der Waals surface area contributed by atoms with E-state index >= 15 is 0 Å². The SMILES string of the molecule is COc1cc2c(c(OC)c1OC)-c1ccc(NC(CCSC)C(=O)NCCn3cccn3)c(=O)cc1C(NC(C)=O)CC2. The van der Waals surface area contributed by atoms with Gasteiger partial charge in [0.15, 0.2) is 11.5 Å². The molecule has 0 spiro atoms. The van der Waals surface area contributed by atoms with Crippen molar-refractivity contribution in [2.75, 3.05) is 45.2 Å². The van der Waals surface area contributed by atoms with Crippen LogP contribution in [0.1, 0.15) is 36.9 Å². The lowest BCUT2D eigenvalue weighted by Gasteiger charge is -2.19. The molecule has 1 heterocycles. The van der Waals surface area contributed by atoms with Crippen molar-refractivity contribution < 1.29 is 23.8 Å². The Hall–Kier alpha value is -4.19. The number of nitrogens with one attached hydrogen (secondary N) is 3. The van der Waals surface area contributed by atoms with Gasteiger partial charge >= 0.3 is 0 Å². The highest BCUT2D eigenvalue weighted by molar-refractivity contribution is 7.98. The quantitative estimate of drug-likeness (QED) is 0.267. The van der Waals surface area contributed by atoms with Crippen molar-refractivity contribution in [2.24, 2.45) is 0 Å². The molecule has 0 saturated carbocycles. The first-order chi connectivity index (χ1) is 20.8. The summed E-state index contributed by atoms with van der Waals surface area (Å²) in [4.78, 5) is 39.2. The Bertz CT molecular complexity index is 1500. The minimum Gasteiger partial charge on any atom is -0.493 e. The Morgan fingerprint density at radius 1 is 1.14 bits per heavy atom. The van der Waals surface area contributed by atoms with E-state index in [1.165, 1.54) is 6.92 Å². The van der Waals surface area contributed by atoms with Gasteiger partial charge in [-0.3, -0.25) is 19.1 Å². The fourth-order valence-corrected chi connectivity index (χ4v) is 5.84. The van der Waals surface area contributed by atoms with Crippen LogP contribution in [0.5, 0.6) is 17.2 Å². The van der Waals surface area contributed by atoms with Crippen molar-refractivity contribution in [3.8, 4) is 28.4 Å². The molecule has 0 bridgehead atoms. The first-order valence-electron chi connectivity index (χ1n) is 14.1. The van der Waals surface area contributed by atoms with Crippen molar-refractivity contribution in [3.63, 3.8) is 0 Å². The summed E-state index contributed by atoms with van der Waals surface area (Å²) >= 11 is 1.62. The molecule has 4 rings (SSSR count). The lowest BCUT2D eigenvalue weighted by atomic mass is 9.95. The summed E-state index contributed by atoms with van der Waals surface area (Å²) in [6, 6.07) is 7.77. The molecular weight excluding hydrogens is 570 g/mol. The molecule has 230 valence electrons. The first-order valence-corrected chi connectivity index (χ1v) is 15.5. The standard InChI is InChI=1S/C31H39N5O6S/c1-19(37)34-23-9-7-20-17-27(40-2)29(41-3)30(42-4)28(20)21-8-10-24(26(38)18-22(21)23)35-25(11-16-43-5)31(39)32-13-15-36-14-6-12-33-36/h6,8,10,12,14,17-18,23,25H,7,9,11,13,15-16H2,1-5H3,(H,32,39)(H,34,37)(H,35,38). The number of carbonyl (C=O) groups is 2. The Kier molecular flexibility index (Phi) is 10.9. The van der Waals surface area contributed by atoms with Gasteiger partial charge in [-0.2, -0.15) is 16.9 Å². The molecule has 1 aliphatic carbocycles. The number of hydrogen-bond acceptors (Lipinski definition) is 9. The third kappa shape index (κ3) is 7.42. The fourth-order valence-electron chi connectivity index (χ4n) is 5.37. The number of carbonyl (C=O) groups excluding carboxylic acids is 2. The molecule has 2 unspecified atom stereocenters. The van der Waals surface area contributed by atoms with Crippen molar-refractivity contribution >= 4 is 29.3 Å². The number of ether oxygens (including phenoxy) is 3. The molecule has 12 heteroatoms. The number of benzene rings is 1. The van der Waals surface area contributed by atoms with E-state index in [1.807, 2.05) is 30.7 Å². The van der Waals surface area contributed by atoms with Gasteiger partial charge in [-0.05, 0) is 72.2 Å². The second-order valence-corrected chi connectivity index (χ2v) is 11.1. The molecule has 2 amide bonds. The molecule has 43 heavy (non-hydrogen) atoms. The van der Waals surface area contributed by atoms with Crippen LogP contribution in [0.2, 0.25) is 0 Å². The van der Waals surface area contributed by atoms with Crippen molar-refractivity contribution in [2.45, 2.75) is 44.8 Å². The summed E-state index contributed by atoms with van der Waals surface area (Å²) in [5, 5.41) is 13.3. The van der Waals surface area contributed by atoms with Crippen LogP contribution in [0.25, 0.3) is 11.1 Å². The Morgan fingerprint density at radius 3 is 2.58 bits per heavy atom. The second-order valence-electron chi connectivity index (χ2n) is 10.1. The maximum Gasteiger partial charge on any atom is 0.242 e. The van der Waals surface area contributed by atoms with Crippen molar-refractivity contribution in [1.29, 1.82) is 0 Å². The summed E-state index contributed by atoms with van der Waals surface area (Å²) < 4.78 is 18.9. The molecule has 3 N–H and O–H groups in total. The Morgan fingerprint density at radius 2 is 1.93 bits per heavy atom. The van der Waals surface area contributed by atoms with Gasteiger partial charge in [-0.15, -0.1) is 0 Å². The molecule has 2 atom stereocenters. The average molecular weight is 610 g/mol. The number of aryl methyl sites for hydroxylation is 1. The summed E-state index contributed by atoms with van der Waals surface area (Å²) in [6.07, 6.45) is 7.18. The van der Waals surface area contributed by atoms with Gasteiger partial charge in [0, 0.05) is 31.4 Å². The highest BCUT2D eigenvalue weighted by Gasteiger charge is 2.30. The van der Waals surface area contributed by atoms with E-state index in [4.69, 9.17) is 14.2 Å². The van der Waals surface area contributed by atoms with Crippen molar-refractivity contribution in [1.82, 2.24) is 20.4 Å². The van der Waals surface area contributed by atoms with Crippen LogP contribution >= 0.6 is 11.8 Å². The largest absolute Gasteiger partial charge is 0.493 e. The minimum atomic E-state index is -0.628. The number of rotatable bonds is 13. The van der Waals surface area contributed by atoms with Gasteiger partial charge in [-0.1, -0.05) is 6.07 Å². The van der Waals surface area contributed by atoms with Gasteiger partial charge < -0.3 is 30.2 Å². The number of methoxy groups -OCH3 is 3. The smallest absolute Gasteiger partial charge is 0.242 e. The monoisotopic (exact) mass is 609 g/mol. The van der Waals surface area contributed by atoms with Crippen LogP contribution in [0.15, 0.2) is 47.5 Å². The lowest BCUT2D eigenvalue weighted by molar-refractivity contribution is -0.122. The molecule has 3 aromatic rings. The van der Waals surface area contributed by atoms with E-state index in [0.29, 0.717) is 55.2 Å². The van der Waals surface area contributed by atoms with E-state index in [2.05, 4.69) is 21.0 Å². The number of amides is 2. The van der Waals surface area contributed by atoms with Crippen LogP contribution in [0.3, 0.4) is 0 Å². The van der Waals surface area contributed by atoms with E-state index in [9.17, 15) is 14.4 Å². The van der Waals surface area contributed by atoms with Crippen LogP contribution in [0, 0.1) is 0 Å². The first kappa shape index (κ1) is 31.7. The van der Waals surface area contributed by atoms with E-state index in [0.717, 1.165) is 22.4 Å². The number of hydrogen-bond donors (Lipinski definition) is 3. The average Bonchev–Trinajstić information content (AvgIpc) is 3.41. The fraction of sp³-hybridized carbons (Fsp3) is 0.419. The summed E-state index contributed by atoms with van der Waals surface area (Å²) in [5.74, 6) is 1.76. The van der Waals surface area contributed by atoms with Crippen LogP contribution in [-0.2, 0) is 22.6 Å². The third-order valence-electron chi connectivity index (χ3n) is 7.37. The van der Waals surface area contributed by atoms with Crippen LogP contribution in [-0.4, -0.2) is 67.5 Å². The zero-order chi connectivity index (χ0) is 30.9. The molecule has 1 aromatic heterocycles. The molecule has 2 aromatic carbocycles. The molecular formula is C31H39N5O6S. The van der Waals surface area contributed by atoms with Crippen molar-refractivity contribution in [3.05, 3.63) is 64.1 Å². The normalized spacial score (nSPS) is 14.4. The highest BCUT2D eigenvalue weighted by Crippen LogP contribution is 2.50. The summed E-state index contributed by atoms with van der Waals surface area (Å²) in [5.41, 5.74) is 3.06. The topological polar surface area (TPSA) is 133 Å². The molecule has 0 radical (unpaired) electrons. The Labute approximate surface area is 255 Å². The van der Waals surface area contributed by atoms with Gasteiger partial charge in [0.05, 0.1) is 39.6 Å². The third-order valence-corrected chi connectivity index (χ3v) is 8.02. The summed E-state index contributed by atoms with van der Waals surface area (Å²) in [6.45, 7) is 2.40. The Balaban J connectivity index is 1.76. The second kappa shape index (κ2) is 14.8. The van der Waals surface area contributed by atoms with Crippen LogP contribution < -0.4 is 35.6 Å². The van der Waals surface area contributed by atoms with E-state index < -0.39 is 12.1 Å². The summed E-state index contributed by atoms with van der Waals surface area (Å²) in [7, 11) is 4.67. The van der Waals surface area contributed by atoms with E-state index in [-0.39, 0.29) is 22.9 Å². The molecule has 0 saturated heterocycles. The maximum atomic E-state index is 13.7. The number of aromatic nitrogens is 2. The number of thioether (sulfide) groups is 1. The predicted molar refractivity (Wildman–Crippen MR) is 168 cm³/mol. The molecule has 0 fully saturated rings. The maximum absolute atomic E-state index is 13.7. The zero-order valence-electron chi connectivity index (χ0n) is 25.2. The van der Waals surface area contributed by atoms with Gasteiger partial charge in [0.25, 0.3) is 0 Å². The zero-order valence-corrected chi connectivity index (χ0v) is 26.0. The van der Waals surface area contributed by atoms with E-state index in [1.54, 1.807) is 56.1 Å². The molecule has 11 nitrogen and oxygen atoms in total. The highest BCUT2D eigenvalue weighted by atomic mass is 32.2. The van der Waals surface area contributed by atoms with Gasteiger partial charge in [0.1, 0.15) is 6.04 Å². The predicted octanol–water partition coefficient (Wildman–Crippen LogP) is 3.41. The van der Waals surface area contributed by atoms with Crippen LogP contribution in [0.4, 0.5) is 5.69 Å². The van der Waals surface area contributed by atoms with Gasteiger partial charge in [0.2, 0.25) is 23.0 Å². The number of anilines is 1. The minimum absolute atomic E-state index is 0.200.